The van der Waals surface area contributed by atoms with Crippen molar-refractivity contribution in [3.63, 3.8) is 0 Å². The normalized spacial score (nSPS) is 13.0. The van der Waals surface area contributed by atoms with Crippen LogP contribution >= 0.6 is 11.3 Å². The van der Waals surface area contributed by atoms with Crippen molar-refractivity contribution in [3.8, 4) is 23.1 Å². The standard InChI is InChI=1S/C20H18N4O3S/c1-12-11-28-20-17(12)19(23-18(24-20)15-5-7-22-27-15)21-6-4-13-2-3-14-16(10-13)26-9-8-25-14/h2-3,5,7,10-11H,4,6,8-9H2,1H3,(H,21,23,24). The Morgan fingerprint density at radius 1 is 1.11 bits per heavy atom. The summed E-state index contributed by atoms with van der Waals surface area (Å²) in [6, 6.07) is 7.85. The zero-order chi connectivity index (χ0) is 18.9. The summed E-state index contributed by atoms with van der Waals surface area (Å²) in [5, 5.41) is 10.4. The number of nitrogens with zero attached hydrogens (tertiary/aromatic N) is 3. The highest BCUT2D eigenvalue weighted by Crippen LogP contribution is 2.33. The van der Waals surface area contributed by atoms with Gasteiger partial charge in [-0.1, -0.05) is 11.2 Å². The summed E-state index contributed by atoms with van der Waals surface area (Å²) in [6.45, 7) is 4.00. The minimum Gasteiger partial charge on any atom is -0.486 e. The molecule has 1 aliphatic heterocycles. The Kier molecular flexibility index (Phi) is 4.32. The Hall–Kier alpha value is -3.13. The summed E-state index contributed by atoms with van der Waals surface area (Å²) in [4.78, 5) is 10.2. The second-order valence-corrected chi connectivity index (χ2v) is 7.38. The molecule has 3 aromatic heterocycles. The van der Waals surface area contributed by atoms with E-state index in [0.29, 0.717) is 24.8 Å². The molecule has 0 fully saturated rings. The van der Waals surface area contributed by atoms with E-state index in [4.69, 9.17) is 14.0 Å². The van der Waals surface area contributed by atoms with Gasteiger partial charge in [-0.05, 0) is 42.0 Å². The molecule has 5 rings (SSSR count). The highest BCUT2D eigenvalue weighted by Gasteiger charge is 2.15. The van der Waals surface area contributed by atoms with E-state index in [9.17, 15) is 0 Å². The fraction of sp³-hybridized carbons (Fsp3) is 0.250. The lowest BCUT2D eigenvalue weighted by Gasteiger charge is -2.19. The molecule has 0 radical (unpaired) electrons. The molecule has 0 unspecified atom stereocenters. The summed E-state index contributed by atoms with van der Waals surface area (Å²) in [5.41, 5.74) is 2.34. The summed E-state index contributed by atoms with van der Waals surface area (Å²) in [7, 11) is 0. The Labute approximate surface area is 165 Å². The maximum atomic E-state index is 5.67. The smallest absolute Gasteiger partial charge is 0.204 e. The van der Waals surface area contributed by atoms with Crippen molar-refractivity contribution in [1.29, 1.82) is 0 Å². The molecule has 0 saturated heterocycles. The molecule has 8 heteroatoms. The molecule has 4 heterocycles. The molecule has 28 heavy (non-hydrogen) atoms. The highest BCUT2D eigenvalue weighted by atomic mass is 32.1. The predicted molar refractivity (Wildman–Crippen MR) is 107 cm³/mol. The van der Waals surface area contributed by atoms with Gasteiger partial charge in [-0.3, -0.25) is 0 Å². The van der Waals surface area contributed by atoms with E-state index in [0.717, 1.165) is 46.1 Å². The van der Waals surface area contributed by atoms with Gasteiger partial charge in [0.15, 0.2) is 11.5 Å². The number of hydrogen-bond donors (Lipinski definition) is 1. The van der Waals surface area contributed by atoms with Crippen LogP contribution in [0.4, 0.5) is 5.82 Å². The Balaban J connectivity index is 1.38. The minimum absolute atomic E-state index is 0.536. The van der Waals surface area contributed by atoms with Crippen molar-refractivity contribution >= 4 is 27.4 Å². The lowest BCUT2D eigenvalue weighted by Crippen LogP contribution is -2.15. The summed E-state index contributed by atoms with van der Waals surface area (Å²) >= 11 is 1.60. The average Bonchev–Trinajstić information content (AvgIpc) is 3.38. The maximum absolute atomic E-state index is 5.67. The fourth-order valence-corrected chi connectivity index (χ4v) is 4.14. The van der Waals surface area contributed by atoms with Gasteiger partial charge in [0.05, 0.1) is 11.6 Å². The first-order valence-electron chi connectivity index (χ1n) is 9.07. The molecule has 1 N–H and O–H groups in total. The van der Waals surface area contributed by atoms with Crippen molar-refractivity contribution in [3.05, 3.63) is 47.0 Å². The molecule has 0 aliphatic carbocycles. The molecule has 142 valence electrons. The van der Waals surface area contributed by atoms with E-state index in [-0.39, 0.29) is 0 Å². The van der Waals surface area contributed by atoms with Crippen LogP contribution in [0.3, 0.4) is 0 Å². The average molecular weight is 394 g/mol. The second kappa shape index (κ2) is 7.12. The first-order chi connectivity index (χ1) is 13.8. The quantitative estimate of drug-likeness (QED) is 0.546. The Morgan fingerprint density at radius 3 is 2.86 bits per heavy atom. The summed E-state index contributed by atoms with van der Waals surface area (Å²) in [6.07, 6.45) is 2.43. The van der Waals surface area contributed by atoms with E-state index >= 15 is 0 Å². The molecule has 0 amide bonds. The van der Waals surface area contributed by atoms with Crippen LogP contribution in [-0.4, -0.2) is 34.9 Å². The number of benzene rings is 1. The molecule has 0 atom stereocenters. The van der Waals surface area contributed by atoms with Crippen LogP contribution in [0, 0.1) is 6.92 Å². The van der Waals surface area contributed by atoms with Gasteiger partial charge < -0.3 is 19.3 Å². The van der Waals surface area contributed by atoms with Crippen molar-refractivity contribution in [2.75, 3.05) is 25.1 Å². The van der Waals surface area contributed by atoms with E-state index in [1.165, 1.54) is 5.56 Å². The van der Waals surface area contributed by atoms with Crippen LogP contribution in [0.2, 0.25) is 0 Å². The molecule has 7 nitrogen and oxygen atoms in total. The van der Waals surface area contributed by atoms with Gasteiger partial charge in [-0.15, -0.1) is 11.3 Å². The first-order valence-corrected chi connectivity index (χ1v) is 9.95. The molecule has 0 spiro atoms. The number of fused-ring (bicyclic) bond motifs is 2. The lowest BCUT2D eigenvalue weighted by atomic mass is 10.1. The van der Waals surface area contributed by atoms with Crippen LogP contribution in [-0.2, 0) is 6.42 Å². The van der Waals surface area contributed by atoms with Gasteiger partial charge in [0.2, 0.25) is 11.6 Å². The molecule has 0 bridgehead atoms. The molecule has 1 aliphatic rings. The largest absolute Gasteiger partial charge is 0.486 e. The Bertz CT molecular complexity index is 1120. The highest BCUT2D eigenvalue weighted by molar-refractivity contribution is 7.17. The second-order valence-electron chi connectivity index (χ2n) is 6.53. The molecule has 0 saturated carbocycles. The molecular weight excluding hydrogens is 376 g/mol. The van der Waals surface area contributed by atoms with Crippen molar-refractivity contribution in [2.45, 2.75) is 13.3 Å². The predicted octanol–water partition coefficient (Wildman–Crippen LogP) is 4.08. The van der Waals surface area contributed by atoms with Crippen LogP contribution in [0.1, 0.15) is 11.1 Å². The van der Waals surface area contributed by atoms with Gasteiger partial charge >= 0.3 is 0 Å². The number of aryl methyl sites for hydroxylation is 1. The fourth-order valence-electron chi connectivity index (χ4n) is 3.22. The SMILES string of the molecule is Cc1csc2nc(-c3ccno3)nc(NCCc3ccc4c(c3)OCCO4)c12. The van der Waals surface area contributed by atoms with Gasteiger partial charge in [0.25, 0.3) is 0 Å². The number of hydrogen-bond acceptors (Lipinski definition) is 8. The van der Waals surface area contributed by atoms with Crippen molar-refractivity contribution in [2.24, 2.45) is 0 Å². The lowest BCUT2D eigenvalue weighted by molar-refractivity contribution is 0.171. The number of anilines is 1. The van der Waals surface area contributed by atoms with Gasteiger partial charge in [0, 0.05) is 12.6 Å². The van der Waals surface area contributed by atoms with E-state index in [1.807, 2.05) is 12.1 Å². The summed E-state index contributed by atoms with van der Waals surface area (Å²) in [5.74, 6) is 3.53. The van der Waals surface area contributed by atoms with E-state index in [1.54, 1.807) is 23.6 Å². The van der Waals surface area contributed by atoms with Crippen LogP contribution in [0.15, 0.2) is 40.4 Å². The maximum Gasteiger partial charge on any atom is 0.204 e. The van der Waals surface area contributed by atoms with Crippen molar-refractivity contribution < 1.29 is 14.0 Å². The number of nitrogens with one attached hydrogen (secondary N) is 1. The van der Waals surface area contributed by atoms with Gasteiger partial charge in [-0.25, -0.2) is 9.97 Å². The van der Waals surface area contributed by atoms with Crippen LogP contribution < -0.4 is 14.8 Å². The van der Waals surface area contributed by atoms with E-state index < -0.39 is 0 Å². The minimum atomic E-state index is 0.536. The van der Waals surface area contributed by atoms with Crippen LogP contribution in [0.5, 0.6) is 11.5 Å². The monoisotopic (exact) mass is 394 g/mol. The molecule has 1 aromatic carbocycles. The topological polar surface area (TPSA) is 82.3 Å². The van der Waals surface area contributed by atoms with Gasteiger partial charge in [0.1, 0.15) is 23.9 Å². The van der Waals surface area contributed by atoms with Gasteiger partial charge in [-0.2, -0.15) is 0 Å². The Morgan fingerprint density at radius 2 is 2.00 bits per heavy atom. The third-order valence-electron chi connectivity index (χ3n) is 4.59. The summed E-state index contributed by atoms with van der Waals surface area (Å²) < 4.78 is 16.5. The van der Waals surface area contributed by atoms with E-state index in [2.05, 4.69) is 38.8 Å². The van der Waals surface area contributed by atoms with Crippen LogP contribution in [0.25, 0.3) is 21.8 Å². The zero-order valence-corrected chi connectivity index (χ0v) is 16.1. The van der Waals surface area contributed by atoms with Crippen molar-refractivity contribution in [1.82, 2.24) is 15.1 Å². The first kappa shape index (κ1) is 17.0. The number of ether oxygens (including phenoxy) is 2. The zero-order valence-electron chi connectivity index (χ0n) is 15.3. The number of rotatable bonds is 5. The molecular formula is C20H18N4O3S. The molecule has 4 aromatic rings. The number of aromatic nitrogens is 3. The third kappa shape index (κ3) is 3.16. The third-order valence-corrected chi connectivity index (χ3v) is 5.58. The number of thiophene rings is 1.